The van der Waals surface area contributed by atoms with Crippen molar-refractivity contribution in [1.29, 1.82) is 0 Å². The van der Waals surface area contributed by atoms with Crippen LogP contribution in [0.15, 0.2) is 24.5 Å². The maximum Gasteiger partial charge on any atom is 0.256 e. The van der Waals surface area contributed by atoms with Gasteiger partial charge in [0.1, 0.15) is 0 Å². The van der Waals surface area contributed by atoms with Crippen molar-refractivity contribution in [3.8, 4) is 0 Å². The number of aromatic nitrogens is 3. The van der Waals surface area contributed by atoms with E-state index in [4.69, 9.17) is 4.74 Å². The van der Waals surface area contributed by atoms with Crippen LogP contribution in [0.1, 0.15) is 53.1 Å². The molecule has 2 aromatic rings. The van der Waals surface area contributed by atoms with Crippen LogP contribution in [0.4, 0.5) is 0 Å². The molecule has 1 aliphatic carbocycles. The van der Waals surface area contributed by atoms with E-state index < -0.39 is 0 Å². The van der Waals surface area contributed by atoms with Crippen LogP contribution >= 0.6 is 0 Å². The van der Waals surface area contributed by atoms with E-state index in [1.807, 2.05) is 34.8 Å². The molecule has 0 radical (unpaired) electrons. The van der Waals surface area contributed by atoms with Crippen molar-refractivity contribution in [3.63, 3.8) is 0 Å². The summed E-state index contributed by atoms with van der Waals surface area (Å²) in [5.41, 5.74) is 3.91. The molecule has 4 rings (SSSR count). The maximum atomic E-state index is 13.2. The lowest BCUT2D eigenvalue weighted by atomic mass is 9.99. The average Bonchev–Trinajstić information content (AvgIpc) is 3.38. The summed E-state index contributed by atoms with van der Waals surface area (Å²) in [6.07, 6.45) is 6.98. The Morgan fingerprint density at radius 3 is 2.81 bits per heavy atom. The summed E-state index contributed by atoms with van der Waals surface area (Å²) >= 11 is 0. The number of amides is 1. The van der Waals surface area contributed by atoms with Crippen LogP contribution < -0.4 is 0 Å². The summed E-state index contributed by atoms with van der Waals surface area (Å²) in [4.78, 5) is 19.4. The van der Waals surface area contributed by atoms with Crippen molar-refractivity contribution in [1.82, 2.24) is 19.7 Å². The minimum Gasteiger partial charge on any atom is -0.379 e. The van der Waals surface area contributed by atoms with Gasteiger partial charge in [-0.2, -0.15) is 5.10 Å². The minimum atomic E-state index is -0.0891. The molecule has 1 fully saturated rings. The fourth-order valence-corrected chi connectivity index (χ4v) is 3.61. The van der Waals surface area contributed by atoms with Gasteiger partial charge in [0.15, 0.2) is 0 Å². The number of aryl methyl sites for hydroxylation is 2. The number of carbonyl (C=O) groups is 1. The van der Waals surface area contributed by atoms with E-state index in [1.165, 1.54) is 18.4 Å². The normalized spacial score (nSPS) is 19.5. The molecule has 1 amide bonds. The van der Waals surface area contributed by atoms with Gasteiger partial charge in [-0.25, -0.2) is 0 Å². The predicted octanol–water partition coefficient (Wildman–Crippen LogP) is 2.77. The molecule has 0 spiro atoms. The highest BCUT2D eigenvalue weighted by molar-refractivity contribution is 5.94. The first kappa shape index (κ1) is 17.2. The third-order valence-electron chi connectivity index (χ3n) is 5.32. The quantitative estimate of drug-likeness (QED) is 0.800. The Kier molecular flexibility index (Phi) is 4.76. The smallest absolute Gasteiger partial charge is 0.256 e. The number of ether oxygens (including phenoxy) is 1. The van der Waals surface area contributed by atoms with Gasteiger partial charge in [-0.15, -0.1) is 0 Å². The molecule has 26 heavy (non-hydrogen) atoms. The Hall–Kier alpha value is -2.21. The van der Waals surface area contributed by atoms with Crippen molar-refractivity contribution in [2.75, 3.05) is 19.8 Å². The van der Waals surface area contributed by atoms with Crippen molar-refractivity contribution >= 4 is 5.91 Å². The zero-order valence-corrected chi connectivity index (χ0v) is 15.5. The van der Waals surface area contributed by atoms with Crippen molar-refractivity contribution in [2.45, 2.75) is 45.7 Å². The van der Waals surface area contributed by atoms with Crippen molar-refractivity contribution < 1.29 is 9.53 Å². The van der Waals surface area contributed by atoms with E-state index in [9.17, 15) is 4.79 Å². The third-order valence-corrected chi connectivity index (χ3v) is 5.32. The summed E-state index contributed by atoms with van der Waals surface area (Å²) < 4.78 is 8.01. The van der Waals surface area contributed by atoms with Crippen LogP contribution in [-0.4, -0.2) is 45.3 Å². The minimum absolute atomic E-state index is 0.0204. The highest BCUT2D eigenvalue weighted by atomic mass is 16.5. The average molecular weight is 354 g/mol. The van der Waals surface area contributed by atoms with E-state index in [-0.39, 0.29) is 11.9 Å². The molecule has 6 heteroatoms. The fourth-order valence-electron chi connectivity index (χ4n) is 3.61. The number of hydrogen-bond donors (Lipinski definition) is 0. The van der Waals surface area contributed by atoms with E-state index in [2.05, 4.69) is 17.0 Å². The summed E-state index contributed by atoms with van der Waals surface area (Å²) in [7, 11) is 0. The largest absolute Gasteiger partial charge is 0.379 e. The molecule has 138 valence electrons. The molecule has 2 aromatic heterocycles. The van der Waals surface area contributed by atoms with Crippen LogP contribution in [0, 0.1) is 12.8 Å². The predicted molar refractivity (Wildman–Crippen MR) is 97.9 cm³/mol. The molecule has 0 saturated heterocycles. The molecule has 2 aliphatic rings. The molecule has 0 bridgehead atoms. The first-order chi connectivity index (χ1) is 12.7. The molecule has 1 aliphatic heterocycles. The number of carbonyl (C=O) groups excluding carboxylic acids is 1. The third kappa shape index (κ3) is 3.38. The van der Waals surface area contributed by atoms with Crippen LogP contribution in [0.3, 0.4) is 0 Å². The van der Waals surface area contributed by atoms with E-state index >= 15 is 0 Å². The fraction of sp³-hybridized carbons (Fsp3) is 0.550. The molecule has 3 heterocycles. The lowest BCUT2D eigenvalue weighted by Crippen LogP contribution is -2.43. The lowest BCUT2D eigenvalue weighted by Gasteiger charge is -2.36. The lowest BCUT2D eigenvalue weighted by molar-refractivity contribution is 0.0345. The molecule has 6 nitrogen and oxygen atoms in total. The SMILES string of the molecule is CCn1ncc2c1C(COCC1CC1)N(C(=O)c1ccc(C)nc1)CC2. The van der Waals surface area contributed by atoms with Gasteiger partial charge >= 0.3 is 0 Å². The van der Waals surface area contributed by atoms with Gasteiger partial charge in [0.25, 0.3) is 5.91 Å². The van der Waals surface area contributed by atoms with Gasteiger partial charge in [-0.1, -0.05) is 0 Å². The van der Waals surface area contributed by atoms with Crippen molar-refractivity contribution in [2.24, 2.45) is 5.92 Å². The van der Waals surface area contributed by atoms with Gasteiger partial charge in [0, 0.05) is 31.6 Å². The Morgan fingerprint density at radius 2 is 2.12 bits per heavy atom. The Balaban J connectivity index is 1.60. The summed E-state index contributed by atoms with van der Waals surface area (Å²) in [5.74, 6) is 0.728. The number of hydrogen-bond acceptors (Lipinski definition) is 4. The molecular formula is C20H26N4O2. The van der Waals surface area contributed by atoms with Crippen LogP contribution in [0.5, 0.6) is 0 Å². The van der Waals surface area contributed by atoms with E-state index in [1.54, 1.807) is 6.20 Å². The molecule has 1 saturated carbocycles. The van der Waals surface area contributed by atoms with Gasteiger partial charge in [-0.05, 0) is 56.7 Å². The Labute approximate surface area is 154 Å². The highest BCUT2D eigenvalue weighted by Gasteiger charge is 2.35. The first-order valence-electron chi connectivity index (χ1n) is 9.53. The van der Waals surface area contributed by atoms with Gasteiger partial charge in [0.05, 0.1) is 30.1 Å². The number of pyridine rings is 1. The topological polar surface area (TPSA) is 60.2 Å². The number of nitrogens with zero attached hydrogens (tertiary/aromatic N) is 4. The van der Waals surface area contributed by atoms with Gasteiger partial charge in [-0.3, -0.25) is 14.5 Å². The van der Waals surface area contributed by atoms with Gasteiger partial charge < -0.3 is 9.64 Å². The first-order valence-corrected chi connectivity index (χ1v) is 9.53. The van der Waals surface area contributed by atoms with Crippen LogP contribution in [0.2, 0.25) is 0 Å². The standard InChI is InChI=1S/C20H26N4O2/c1-3-24-19-16(11-22-24)8-9-23(18(19)13-26-12-15-5-6-15)20(25)17-7-4-14(2)21-10-17/h4,7,10-11,15,18H,3,5-6,8-9,12-13H2,1-2H3. The van der Waals surface area contributed by atoms with Crippen LogP contribution in [0.25, 0.3) is 0 Å². The second-order valence-electron chi connectivity index (χ2n) is 7.30. The van der Waals surface area contributed by atoms with E-state index in [0.29, 0.717) is 24.6 Å². The summed E-state index contributed by atoms with van der Waals surface area (Å²) in [6, 6.07) is 3.66. The zero-order chi connectivity index (χ0) is 18.1. The Bertz CT molecular complexity index is 766. The van der Waals surface area contributed by atoms with E-state index in [0.717, 1.165) is 31.0 Å². The monoisotopic (exact) mass is 354 g/mol. The number of fused-ring (bicyclic) bond motifs is 1. The summed E-state index contributed by atoms with van der Waals surface area (Å²) in [6.45, 7) is 6.81. The number of rotatable bonds is 6. The Morgan fingerprint density at radius 1 is 1.27 bits per heavy atom. The van der Waals surface area contributed by atoms with Crippen molar-refractivity contribution in [3.05, 3.63) is 47.0 Å². The molecule has 0 aromatic carbocycles. The summed E-state index contributed by atoms with van der Waals surface area (Å²) in [5, 5.41) is 4.51. The maximum absolute atomic E-state index is 13.2. The molecule has 0 N–H and O–H groups in total. The van der Waals surface area contributed by atoms with Gasteiger partial charge in [0.2, 0.25) is 0 Å². The van der Waals surface area contributed by atoms with Crippen LogP contribution in [-0.2, 0) is 17.7 Å². The second kappa shape index (κ2) is 7.19. The molecule has 1 atom stereocenters. The molecular weight excluding hydrogens is 328 g/mol. The molecule has 1 unspecified atom stereocenters. The second-order valence-corrected chi connectivity index (χ2v) is 7.30. The zero-order valence-electron chi connectivity index (χ0n) is 15.5. The highest BCUT2D eigenvalue weighted by Crippen LogP contribution is 2.33.